The second kappa shape index (κ2) is 5.63. The summed E-state index contributed by atoms with van der Waals surface area (Å²) >= 11 is 7.27. The summed E-state index contributed by atoms with van der Waals surface area (Å²) in [5, 5.41) is 3.81. The average Bonchev–Trinajstić information content (AvgIpc) is 2.88. The van der Waals surface area contributed by atoms with Crippen LogP contribution >= 0.6 is 22.9 Å². The summed E-state index contributed by atoms with van der Waals surface area (Å²) in [6.07, 6.45) is 1.27. The number of methoxy groups -OCH3 is 1. The van der Waals surface area contributed by atoms with E-state index in [9.17, 15) is 4.79 Å². The minimum absolute atomic E-state index is 0.208. The van der Waals surface area contributed by atoms with Crippen molar-refractivity contribution in [2.45, 2.75) is 0 Å². The van der Waals surface area contributed by atoms with E-state index in [-0.39, 0.29) is 11.6 Å². The predicted molar refractivity (Wildman–Crippen MR) is 81.2 cm³/mol. The lowest BCUT2D eigenvalue weighted by Crippen LogP contribution is -2.13. The van der Waals surface area contributed by atoms with Crippen molar-refractivity contribution < 1.29 is 9.53 Å². The molecule has 6 nitrogen and oxygen atoms in total. The standard InChI is InChI=1S/C13H9ClN4O2S/c1-20-11-5-9(15-6-16-11)12(19)18-13-17-8-3-2-7(14)4-10(8)21-13/h2-6H,1H3,(H,17,18,19). The SMILES string of the molecule is COc1cc(C(=O)Nc2nc3ccc(Cl)cc3s2)ncn1. The Balaban J connectivity index is 1.85. The van der Waals surface area contributed by atoms with Crippen molar-refractivity contribution in [3.63, 3.8) is 0 Å². The molecule has 0 aliphatic heterocycles. The van der Waals surface area contributed by atoms with Gasteiger partial charge in [0, 0.05) is 11.1 Å². The quantitative estimate of drug-likeness (QED) is 0.802. The van der Waals surface area contributed by atoms with Crippen molar-refractivity contribution >= 4 is 44.2 Å². The van der Waals surface area contributed by atoms with Crippen LogP contribution in [0.15, 0.2) is 30.6 Å². The summed E-state index contributed by atoms with van der Waals surface area (Å²) in [6, 6.07) is 6.82. The molecule has 0 saturated heterocycles. The van der Waals surface area contributed by atoms with Crippen LogP contribution in [-0.4, -0.2) is 28.0 Å². The molecule has 106 valence electrons. The molecule has 0 radical (unpaired) electrons. The maximum Gasteiger partial charge on any atom is 0.276 e. The van der Waals surface area contributed by atoms with Crippen LogP contribution in [0.4, 0.5) is 5.13 Å². The molecular weight excluding hydrogens is 312 g/mol. The fourth-order valence-electron chi connectivity index (χ4n) is 1.69. The van der Waals surface area contributed by atoms with Crippen LogP contribution in [-0.2, 0) is 0 Å². The molecule has 0 bridgehead atoms. The van der Waals surface area contributed by atoms with Gasteiger partial charge < -0.3 is 4.74 Å². The Bertz CT molecular complexity index is 821. The van der Waals surface area contributed by atoms with Crippen molar-refractivity contribution in [3.05, 3.63) is 41.3 Å². The minimum atomic E-state index is -0.374. The normalized spacial score (nSPS) is 10.6. The van der Waals surface area contributed by atoms with Gasteiger partial charge in [0.15, 0.2) is 5.13 Å². The van der Waals surface area contributed by atoms with Gasteiger partial charge in [0.25, 0.3) is 5.91 Å². The van der Waals surface area contributed by atoms with E-state index in [1.807, 2.05) is 0 Å². The maximum atomic E-state index is 12.1. The number of anilines is 1. The fraction of sp³-hybridized carbons (Fsp3) is 0.0769. The number of benzene rings is 1. The summed E-state index contributed by atoms with van der Waals surface area (Å²) in [7, 11) is 1.47. The number of carbonyl (C=O) groups is 1. The van der Waals surface area contributed by atoms with E-state index in [2.05, 4.69) is 20.3 Å². The molecule has 0 saturated carbocycles. The van der Waals surface area contributed by atoms with Crippen molar-refractivity contribution in [2.24, 2.45) is 0 Å². The predicted octanol–water partition coefficient (Wildman–Crippen LogP) is 3.00. The number of carbonyl (C=O) groups excluding carboxylic acids is 1. The van der Waals surface area contributed by atoms with Crippen LogP contribution in [0.2, 0.25) is 5.02 Å². The second-order valence-electron chi connectivity index (χ2n) is 4.03. The first-order valence-electron chi connectivity index (χ1n) is 5.89. The Labute approximate surface area is 128 Å². The molecule has 0 fully saturated rings. The molecule has 8 heteroatoms. The van der Waals surface area contributed by atoms with Gasteiger partial charge in [-0.1, -0.05) is 22.9 Å². The molecular formula is C13H9ClN4O2S. The molecule has 3 aromatic rings. The molecule has 3 rings (SSSR count). The zero-order chi connectivity index (χ0) is 14.8. The number of nitrogens with one attached hydrogen (secondary N) is 1. The monoisotopic (exact) mass is 320 g/mol. The number of halogens is 1. The number of amides is 1. The molecule has 1 amide bonds. The van der Waals surface area contributed by atoms with Crippen LogP contribution in [0.5, 0.6) is 5.88 Å². The summed E-state index contributed by atoms with van der Waals surface area (Å²) in [5.41, 5.74) is 0.985. The molecule has 0 unspecified atom stereocenters. The van der Waals surface area contributed by atoms with Crippen molar-refractivity contribution in [1.82, 2.24) is 15.0 Å². The van der Waals surface area contributed by atoms with Gasteiger partial charge >= 0.3 is 0 Å². The summed E-state index contributed by atoms with van der Waals surface area (Å²) in [5.74, 6) is -0.0490. The highest BCUT2D eigenvalue weighted by molar-refractivity contribution is 7.22. The molecule has 0 atom stereocenters. The smallest absolute Gasteiger partial charge is 0.276 e. The Kier molecular flexibility index (Phi) is 3.68. The Hall–Kier alpha value is -2.25. The summed E-state index contributed by atoms with van der Waals surface area (Å²) in [6.45, 7) is 0. The number of fused-ring (bicyclic) bond motifs is 1. The third-order valence-corrected chi connectivity index (χ3v) is 3.82. The topological polar surface area (TPSA) is 77.0 Å². The number of nitrogens with zero attached hydrogens (tertiary/aromatic N) is 3. The van der Waals surface area contributed by atoms with Gasteiger partial charge in [-0.3, -0.25) is 10.1 Å². The van der Waals surface area contributed by atoms with E-state index in [4.69, 9.17) is 16.3 Å². The van der Waals surface area contributed by atoms with Crippen LogP contribution < -0.4 is 10.1 Å². The van der Waals surface area contributed by atoms with Crippen molar-refractivity contribution in [3.8, 4) is 5.88 Å². The largest absolute Gasteiger partial charge is 0.481 e. The van der Waals surface area contributed by atoms with E-state index in [0.717, 1.165) is 10.2 Å². The fourth-order valence-corrected chi connectivity index (χ4v) is 2.83. The van der Waals surface area contributed by atoms with Crippen molar-refractivity contribution in [1.29, 1.82) is 0 Å². The van der Waals surface area contributed by atoms with E-state index < -0.39 is 0 Å². The number of hydrogen-bond acceptors (Lipinski definition) is 6. The highest BCUT2D eigenvalue weighted by Crippen LogP contribution is 2.28. The number of aromatic nitrogens is 3. The number of thiazole rings is 1. The van der Waals surface area contributed by atoms with Crippen LogP contribution in [0.25, 0.3) is 10.2 Å². The van der Waals surface area contributed by atoms with Gasteiger partial charge in [-0.15, -0.1) is 0 Å². The Morgan fingerprint density at radius 1 is 1.33 bits per heavy atom. The molecule has 1 N–H and O–H groups in total. The zero-order valence-corrected chi connectivity index (χ0v) is 12.4. The summed E-state index contributed by atoms with van der Waals surface area (Å²) < 4.78 is 5.86. The lowest BCUT2D eigenvalue weighted by atomic mass is 10.3. The molecule has 2 heterocycles. The molecule has 0 aliphatic carbocycles. The minimum Gasteiger partial charge on any atom is -0.481 e. The number of rotatable bonds is 3. The lowest BCUT2D eigenvalue weighted by molar-refractivity contribution is 0.102. The number of hydrogen-bond donors (Lipinski definition) is 1. The van der Waals surface area contributed by atoms with E-state index >= 15 is 0 Å². The number of ether oxygens (including phenoxy) is 1. The highest BCUT2D eigenvalue weighted by Gasteiger charge is 2.12. The van der Waals surface area contributed by atoms with Gasteiger partial charge in [-0.05, 0) is 18.2 Å². The Morgan fingerprint density at radius 3 is 3.00 bits per heavy atom. The maximum absolute atomic E-state index is 12.1. The molecule has 2 aromatic heterocycles. The van der Waals surface area contributed by atoms with Gasteiger partial charge in [0.2, 0.25) is 5.88 Å². The van der Waals surface area contributed by atoms with Gasteiger partial charge in [-0.25, -0.2) is 15.0 Å². The molecule has 0 aliphatic rings. The first-order chi connectivity index (χ1) is 10.2. The average molecular weight is 321 g/mol. The zero-order valence-electron chi connectivity index (χ0n) is 10.8. The first-order valence-corrected chi connectivity index (χ1v) is 7.08. The van der Waals surface area contributed by atoms with Crippen LogP contribution in [0.3, 0.4) is 0 Å². The molecule has 0 spiro atoms. The Morgan fingerprint density at radius 2 is 2.19 bits per heavy atom. The van der Waals surface area contributed by atoms with Gasteiger partial charge in [0.05, 0.1) is 17.3 Å². The van der Waals surface area contributed by atoms with Gasteiger partial charge in [-0.2, -0.15) is 0 Å². The highest BCUT2D eigenvalue weighted by atomic mass is 35.5. The van der Waals surface area contributed by atoms with Crippen molar-refractivity contribution in [2.75, 3.05) is 12.4 Å². The van der Waals surface area contributed by atoms with E-state index in [1.54, 1.807) is 18.2 Å². The van der Waals surface area contributed by atoms with Crippen LogP contribution in [0.1, 0.15) is 10.5 Å². The third kappa shape index (κ3) is 2.93. The first kappa shape index (κ1) is 13.7. The second-order valence-corrected chi connectivity index (χ2v) is 5.50. The van der Waals surface area contributed by atoms with E-state index in [1.165, 1.54) is 30.8 Å². The van der Waals surface area contributed by atoms with E-state index in [0.29, 0.717) is 16.0 Å². The molecule has 21 heavy (non-hydrogen) atoms. The third-order valence-electron chi connectivity index (χ3n) is 2.65. The van der Waals surface area contributed by atoms with Crippen LogP contribution in [0, 0.1) is 0 Å². The lowest BCUT2D eigenvalue weighted by Gasteiger charge is -2.02. The van der Waals surface area contributed by atoms with Gasteiger partial charge in [0.1, 0.15) is 12.0 Å². The summed E-state index contributed by atoms with van der Waals surface area (Å²) in [4.78, 5) is 24.2. The molecule has 1 aromatic carbocycles.